The van der Waals surface area contributed by atoms with Crippen molar-refractivity contribution in [3.05, 3.63) is 11.1 Å². The van der Waals surface area contributed by atoms with Crippen LogP contribution in [0.5, 0.6) is 0 Å². The van der Waals surface area contributed by atoms with Gasteiger partial charge in [0.1, 0.15) is 0 Å². The fourth-order valence-corrected chi connectivity index (χ4v) is 1.95. The molecular weight excluding hydrogens is 188 g/mol. The molecule has 1 aliphatic rings. The summed E-state index contributed by atoms with van der Waals surface area (Å²) in [4.78, 5) is 8.95. The molecule has 2 nitrogen and oxygen atoms in total. The fourth-order valence-electron chi connectivity index (χ4n) is 1.95. The van der Waals surface area contributed by atoms with Crippen LogP contribution in [0.1, 0.15) is 53.4 Å². The van der Waals surface area contributed by atoms with E-state index in [1.54, 1.807) is 11.1 Å². The number of carbonyl (C=O) groups excluding carboxylic acids is 1. The highest BCUT2D eigenvalue weighted by molar-refractivity contribution is 5.36. The summed E-state index contributed by atoms with van der Waals surface area (Å²) in [5, 5.41) is 0. The van der Waals surface area contributed by atoms with Crippen molar-refractivity contribution < 1.29 is 9.53 Å². The van der Waals surface area contributed by atoms with Crippen LogP contribution < -0.4 is 0 Å². The van der Waals surface area contributed by atoms with E-state index in [0.717, 1.165) is 0 Å². The number of allylic oxidation sites excluding steroid dienone is 2. The van der Waals surface area contributed by atoms with Crippen LogP contribution >= 0.6 is 0 Å². The molecule has 0 bridgehead atoms. The molecule has 0 fully saturated rings. The summed E-state index contributed by atoms with van der Waals surface area (Å²) >= 11 is 0. The minimum Gasteiger partial charge on any atom is -0.471 e. The number of ether oxygens (including phenoxy) is 1. The first-order valence-corrected chi connectivity index (χ1v) is 5.60. The van der Waals surface area contributed by atoms with E-state index >= 15 is 0 Å². The van der Waals surface area contributed by atoms with E-state index in [0.29, 0.717) is 11.9 Å². The van der Waals surface area contributed by atoms with Gasteiger partial charge in [0.15, 0.2) is 0 Å². The summed E-state index contributed by atoms with van der Waals surface area (Å²) < 4.78 is 3.86. The molecule has 0 aromatic carbocycles. The van der Waals surface area contributed by atoms with Gasteiger partial charge in [-0.05, 0) is 38.0 Å². The highest BCUT2D eigenvalue weighted by Crippen LogP contribution is 2.39. The summed E-state index contributed by atoms with van der Waals surface area (Å²) in [5.41, 5.74) is 3.94. The minimum atomic E-state index is 0.375. The van der Waals surface area contributed by atoms with Crippen molar-refractivity contribution in [2.24, 2.45) is 5.41 Å². The molecule has 0 aliphatic heterocycles. The second-order valence-electron chi connectivity index (χ2n) is 4.91. The molecule has 15 heavy (non-hydrogen) atoms. The molecule has 0 N–H and O–H groups in total. The summed E-state index contributed by atoms with van der Waals surface area (Å²) in [5.74, 6) is 0. The molecule has 0 saturated heterocycles. The Kier molecular flexibility index (Phi) is 6.30. The Morgan fingerprint density at radius 3 is 2.33 bits per heavy atom. The number of rotatable bonds is 2. The zero-order chi connectivity index (χ0) is 11.9. The average molecular weight is 212 g/mol. The predicted molar refractivity (Wildman–Crippen MR) is 63.7 cm³/mol. The van der Waals surface area contributed by atoms with Crippen molar-refractivity contribution in [1.82, 2.24) is 0 Å². The first-order chi connectivity index (χ1) is 6.96. The lowest BCUT2D eigenvalue weighted by Crippen LogP contribution is -2.17. The third kappa shape index (κ3) is 5.60. The SMILES string of the molecule is CCC1=C(C)CCC(C)(C)C1.COC=O. The van der Waals surface area contributed by atoms with Crippen molar-refractivity contribution in [3.63, 3.8) is 0 Å². The topological polar surface area (TPSA) is 26.3 Å². The van der Waals surface area contributed by atoms with E-state index in [9.17, 15) is 0 Å². The Bertz CT molecular complexity index is 227. The lowest BCUT2D eigenvalue weighted by molar-refractivity contribution is -0.126. The zero-order valence-electron chi connectivity index (χ0n) is 10.7. The molecule has 1 aliphatic carbocycles. The number of methoxy groups -OCH3 is 1. The van der Waals surface area contributed by atoms with E-state index in [1.165, 1.54) is 32.8 Å². The van der Waals surface area contributed by atoms with Gasteiger partial charge in [0.2, 0.25) is 0 Å². The molecule has 0 heterocycles. The van der Waals surface area contributed by atoms with Gasteiger partial charge in [0.25, 0.3) is 6.47 Å². The van der Waals surface area contributed by atoms with Crippen LogP contribution in [-0.2, 0) is 9.53 Å². The van der Waals surface area contributed by atoms with Gasteiger partial charge >= 0.3 is 0 Å². The number of carbonyl (C=O) groups is 1. The molecule has 0 saturated carbocycles. The van der Waals surface area contributed by atoms with Crippen LogP contribution in [0, 0.1) is 5.41 Å². The monoisotopic (exact) mass is 212 g/mol. The standard InChI is InChI=1S/C11H20.C2H4O2/c1-5-10-8-11(3,4)7-6-9(10)2;1-4-2-3/h5-8H2,1-4H3;2H,1H3. The molecule has 0 unspecified atom stereocenters. The lowest BCUT2D eigenvalue weighted by Gasteiger charge is -2.32. The van der Waals surface area contributed by atoms with Crippen LogP contribution in [0.4, 0.5) is 0 Å². The molecule has 1 rings (SSSR count). The van der Waals surface area contributed by atoms with Crippen LogP contribution in [-0.4, -0.2) is 13.6 Å². The first kappa shape index (κ1) is 14.2. The Morgan fingerprint density at radius 2 is 2.00 bits per heavy atom. The quantitative estimate of drug-likeness (QED) is 0.515. The summed E-state index contributed by atoms with van der Waals surface area (Å²) in [6, 6.07) is 0. The van der Waals surface area contributed by atoms with Gasteiger partial charge < -0.3 is 4.74 Å². The molecule has 0 amide bonds. The summed E-state index contributed by atoms with van der Waals surface area (Å²) in [6.07, 6.45) is 5.29. The van der Waals surface area contributed by atoms with Crippen LogP contribution in [0.15, 0.2) is 11.1 Å². The second-order valence-corrected chi connectivity index (χ2v) is 4.91. The van der Waals surface area contributed by atoms with Crippen molar-refractivity contribution in [2.75, 3.05) is 7.11 Å². The van der Waals surface area contributed by atoms with Gasteiger partial charge in [0.05, 0.1) is 7.11 Å². The highest BCUT2D eigenvalue weighted by Gasteiger charge is 2.24. The largest absolute Gasteiger partial charge is 0.471 e. The van der Waals surface area contributed by atoms with Crippen molar-refractivity contribution in [3.8, 4) is 0 Å². The van der Waals surface area contributed by atoms with E-state index in [2.05, 4.69) is 32.4 Å². The summed E-state index contributed by atoms with van der Waals surface area (Å²) in [6.45, 7) is 9.72. The fraction of sp³-hybridized carbons (Fsp3) is 0.769. The molecular formula is C13H24O2. The van der Waals surface area contributed by atoms with Gasteiger partial charge in [-0.2, -0.15) is 0 Å². The van der Waals surface area contributed by atoms with E-state index in [4.69, 9.17) is 4.79 Å². The molecule has 0 aromatic heterocycles. The van der Waals surface area contributed by atoms with E-state index in [1.807, 2.05) is 0 Å². The third-order valence-corrected chi connectivity index (χ3v) is 3.00. The Labute approximate surface area is 93.7 Å². The van der Waals surface area contributed by atoms with Crippen LogP contribution in [0.3, 0.4) is 0 Å². The van der Waals surface area contributed by atoms with E-state index < -0.39 is 0 Å². The highest BCUT2D eigenvalue weighted by atomic mass is 16.5. The van der Waals surface area contributed by atoms with Gasteiger partial charge in [-0.3, -0.25) is 4.79 Å². The molecule has 88 valence electrons. The van der Waals surface area contributed by atoms with Gasteiger partial charge in [-0.25, -0.2) is 0 Å². The maximum atomic E-state index is 8.95. The predicted octanol–water partition coefficient (Wildman–Crippen LogP) is 3.71. The normalized spacial score (nSPS) is 19.0. The van der Waals surface area contributed by atoms with Gasteiger partial charge in [-0.15, -0.1) is 0 Å². The first-order valence-electron chi connectivity index (χ1n) is 5.60. The van der Waals surface area contributed by atoms with Crippen molar-refractivity contribution in [2.45, 2.75) is 53.4 Å². The van der Waals surface area contributed by atoms with Gasteiger partial charge in [-0.1, -0.05) is 31.9 Å². The minimum absolute atomic E-state index is 0.375. The maximum absolute atomic E-state index is 8.95. The molecule has 0 aromatic rings. The second kappa shape index (κ2) is 6.65. The lowest BCUT2D eigenvalue weighted by atomic mass is 9.74. The molecule has 2 heteroatoms. The smallest absolute Gasteiger partial charge is 0.292 e. The van der Waals surface area contributed by atoms with E-state index in [-0.39, 0.29) is 0 Å². The zero-order valence-corrected chi connectivity index (χ0v) is 10.7. The summed E-state index contributed by atoms with van der Waals surface area (Å²) in [7, 11) is 1.31. The number of hydrogen-bond donors (Lipinski definition) is 0. The Morgan fingerprint density at radius 1 is 1.47 bits per heavy atom. The maximum Gasteiger partial charge on any atom is 0.292 e. The number of hydrogen-bond acceptors (Lipinski definition) is 2. The van der Waals surface area contributed by atoms with Crippen LogP contribution in [0.25, 0.3) is 0 Å². The Hall–Kier alpha value is -0.790. The molecule has 0 radical (unpaired) electrons. The third-order valence-electron chi connectivity index (χ3n) is 3.00. The van der Waals surface area contributed by atoms with Gasteiger partial charge in [0, 0.05) is 0 Å². The van der Waals surface area contributed by atoms with Crippen LogP contribution in [0.2, 0.25) is 0 Å². The average Bonchev–Trinajstić information content (AvgIpc) is 2.22. The van der Waals surface area contributed by atoms with Crippen molar-refractivity contribution >= 4 is 6.47 Å². The molecule has 0 spiro atoms. The molecule has 0 atom stereocenters. The van der Waals surface area contributed by atoms with Crippen molar-refractivity contribution in [1.29, 1.82) is 0 Å². The Balaban J connectivity index is 0.000000423.